The summed E-state index contributed by atoms with van der Waals surface area (Å²) in [6.45, 7) is 3.25. The number of amides is 3. The van der Waals surface area contributed by atoms with Gasteiger partial charge in [0.05, 0.1) is 26.4 Å². The highest BCUT2D eigenvalue weighted by Crippen LogP contribution is 2.18. The SMILES string of the molecule is COCCN(Cc1nc(C(=O)N2CCOCC2)cs1)C(=O)Nc1cccc(Cl)c1. The van der Waals surface area contributed by atoms with Gasteiger partial charge in [-0.2, -0.15) is 0 Å². The fraction of sp³-hybridized carbons (Fsp3) is 0.421. The number of aromatic nitrogens is 1. The van der Waals surface area contributed by atoms with E-state index in [2.05, 4.69) is 10.3 Å². The molecule has 2 heterocycles. The standard InChI is InChI=1S/C19H23ClN4O4S/c1-27-8-5-24(19(26)21-15-4-2-3-14(20)11-15)12-17-22-16(13-29-17)18(25)23-6-9-28-10-7-23/h2-4,11,13H,5-10,12H2,1H3,(H,21,26). The molecule has 1 aromatic carbocycles. The Morgan fingerprint density at radius 1 is 1.38 bits per heavy atom. The maximum atomic E-state index is 12.7. The van der Waals surface area contributed by atoms with E-state index < -0.39 is 0 Å². The number of methoxy groups -OCH3 is 1. The molecule has 1 aliphatic heterocycles. The lowest BCUT2D eigenvalue weighted by Gasteiger charge is -2.26. The van der Waals surface area contributed by atoms with E-state index in [1.807, 2.05) is 0 Å². The summed E-state index contributed by atoms with van der Waals surface area (Å²) in [4.78, 5) is 33.1. The van der Waals surface area contributed by atoms with Crippen LogP contribution in [0.25, 0.3) is 0 Å². The van der Waals surface area contributed by atoms with Gasteiger partial charge in [-0.05, 0) is 18.2 Å². The number of carbonyl (C=O) groups excluding carboxylic acids is 2. The number of rotatable bonds is 7. The molecule has 1 aromatic heterocycles. The van der Waals surface area contributed by atoms with Crippen LogP contribution in [0.5, 0.6) is 0 Å². The summed E-state index contributed by atoms with van der Waals surface area (Å²) in [5.41, 5.74) is 1.00. The second-order valence-corrected chi connectivity index (χ2v) is 7.77. The van der Waals surface area contributed by atoms with Gasteiger partial charge in [0.25, 0.3) is 5.91 Å². The Morgan fingerprint density at radius 3 is 2.90 bits per heavy atom. The van der Waals surface area contributed by atoms with E-state index >= 15 is 0 Å². The van der Waals surface area contributed by atoms with Crippen molar-refractivity contribution in [1.82, 2.24) is 14.8 Å². The van der Waals surface area contributed by atoms with Crippen LogP contribution < -0.4 is 5.32 Å². The summed E-state index contributed by atoms with van der Waals surface area (Å²) in [5, 5.41) is 5.78. The minimum atomic E-state index is -0.291. The second-order valence-electron chi connectivity index (χ2n) is 6.39. The third kappa shape index (κ3) is 6.14. The maximum absolute atomic E-state index is 12.7. The first-order chi connectivity index (χ1) is 14.1. The van der Waals surface area contributed by atoms with Gasteiger partial charge >= 0.3 is 6.03 Å². The normalized spacial score (nSPS) is 13.9. The first-order valence-corrected chi connectivity index (χ1v) is 10.4. The molecule has 156 valence electrons. The number of hydrogen-bond donors (Lipinski definition) is 1. The van der Waals surface area contributed by atoms with Crippen LogP contribution in [0.15, 0.2) is 29.6 Å². The molecule has 0 radical (unpaired) electrons. The molecule has 29 heavy (non-hydrogen) atoms. The van der Waals surface area contributed by atoms with E-state index in [-0.39, 0.29) is 18.5 Å². The molecule has 0 saturated carbocycles. The zero-order valence-electron chi connectivity index (χ0n) is 16.1. The van der Waals surface area contributed by atoms with Crippen molar-refractivity contribution >= 4 is 40.6 Å². The molecule has 3 rings (SSSR count). The zero-order chi connectivity index (χ0) is 20.6. The summed E-state index contributed by atoms with van der Waals surface area (Å²) in [6.07, 6.45) is 0. The predicted molar refractivity (Wildman–Crippen MR) is 112 cm³/mol. The number of urea groups is 1. The van der Waals surface area contributed by atoms with E-state index in [4.69, 9.17) is 21.1 Å². The Morgan fingerprint density at radius 2 is 2.17 bits per heavy atom. The van der Waals surface area contributed by atoms with E-state index in [0.29, 0.717) is 60.9 Å². The lowest BCUT2D eigenvalue weighted by Crippen LogP contribution is -2.40. The fourth-order valence-corrected chi connectivity index (χ4v) is 3.77. The Bertz CT molecular complexity index is 841. The van der Waals surface area contributed by atoms with Crippen molar-refractivity contribution in [3.63, 3.8) is 0 Å². The highest BCUT2D eigenvalue weighted by Gasteiger charge is 2.22. The molecule has 2 aromatic rings. The largest absolute Gasteiger partial charge is 0.383 e. The molecule has 1 N–H and O–H groups in total. The molecule has 10 heteroatoms. The first kappa shape index (κ1) is 21.5. The average molecular weight is 439 g/mol. The van der Waals surface area contributed by atoms with Gasteiger partial charge in [-0.15, -0.1) is 11.3 Å². The van der Waals surface area contributed by atoms with Crippen LogP contribution in [-0.4, -0.2) is 73.3 Å². The number of morpholine rings is 1. The minimum absolute atomic E-state index is 0.109. The van der Waals surface area contributed by atoms with E-state index in [1.54, 1.807) is 46.6 Å². The first-order valence-electron chi connectivity index (χ1n) is 9.18. The number of hydrogen-bond acceptors (Lipinski definition) is 6. The zero-order valence-corrected chi connectivity index (χ0v) is 17.7. The number of benzene rings is 1. The number of nitrogens with zero attached hydrogens (tertiary/aromatic N) is 3. The Balaban J connectivity index is 1.65. The molecule has 0 spiro atoms. The van der Waals surface area contributed by atoms with Crippen LogP contribution in [0.4, 0.5) is 10.5 Å². The highest BCUT2D eigenvalue weighted by molar-refractivity contribution is 7.09. The van der Waals surface area contributed by atoms with Crippen molar-refractivity contribution in [1.29, 1.82) is 0 Å². The molecule has 0 unspecified atom stereocenters. The van der Waals surface area contributed by atoms with E-state index in [9.17, 15) is 9.59 Å². The number of thiazole rings is 1. The van der Waals surface area contributed by atoms with Crippen molar-refractivity contribution in [3.8, 4) is 0 Å². The van der Waals surface area contributed by atoms with Gasteiger partial charge in [0.15, 0.2) is 0 Å². The third-order valence-electron chi connectivity index (χ3n) is 4.32. The van der Waals surface area contributed by atoms with Crippen LogP contribution in [-0.2, 0) is 16.0 Å². The Labute approximate surface area is 178 Å². The number of halogens is 1. The van der Waals surface area contributed by atoms with Gasteiger partial charge in [-0.25, -0.2) is 9.78 Å². The highest BCUT2D eigenvalue weighted by atomic mass is 35.5. The summed E-state index contributed by atoms with van der Waals surface area (Å²) >= 11 is 7.34. The Hall–Kier alpha value is -2.20. The van der Waals surface area contributed by atoms with Gasteiger partial charge in [0.1, 0.15) is 10.7 Å². The number of ether oxygens (including phenoxy) is 2. The number of anilines is 1. The van der Waals surface area contributed by atoms with Gasteiger partial charge in [-0.1, -0.05) is 17.7 Å². The summed E-state index contributed by atoms with van der Waals surface area (Å²) in [5.74, 6) is -0.109. The minimum Gasteiger partial charge on any atom is -0.383 e. The molecule has 8 nitrogen and oxygen atoms in total. The van der Waals surface area contributed by atoms with E-state index in [1.165, 1.54) is 11.3 Å². The van der Waals surface area contributed by atoms with Crippen molar-refractivity contribution in [2.24, 2.45) is 0 Å². The monoisotopic (exact) mass is 438 g/mol. The number of nitrogens with one attached hydrogen (secondary N) is 1. The third-order valence-corrected chi connectivity index (χ3v) is 5.39. The van der Waals surface area contributed by atoms with Crippen molar-refractivity contribution in [3.05, 3.63) is 45.4 Å². The summed E-state index contributed by atoms with van der Waals surface area (Å²) in [7, 11) is 1.58. The summed E-state index contributed by atoms with van der Waals surface area (Å²) in [6, 6.07) is 6.65. The van der Waals surface area contributed by atoms with Crippen molar-refractivity contribution in [2.75, 3.05) is 51.9 Å². The van der Waals surface area contributed by atoms with Crippen molar-refractivity contribution < 1.29 is 19.1 Å². The molecule has 1 aliphatic rings. The van der Waals surface area contributed by atoms with Crippen LogP contribution in [0, 0.1) is 0 Å². The lowest BCUT2D eigenvalue weighted by molar-refractivity contribution is 0.0299. The van der Waals surface area contributed by atoms with Gasteiger partial charge in [0, 0.05) is 42.8 Å². The molecule has 0 atom stereocenters. The van der Waals surface area contributed by atoms with Crippen LogP contribution >= 0.6 is 22.9 Å². The van der Waals surface area contributed by atoms with Gasteiger partial charge < -0.3 is 24.6 Å². The van der Waals surface area contributed by atoms with Crippen molar-refractivity contribution in [2.45, 2.75) is 6.54 Å². The second kappa shape index (κ2) is 10.5. The topological polar surface area (TPSA) is 84.0 Å². The average Bonchev–Trinajstić information content (AvgIpc) is 3.19. The molecular formula is C19H23ClN4O4S. The molecule has 1 fully saturated rings. The molecular weight excluding hydrogens is 416 g/mol. The van der Waals surface area contributed by atoms with E-state index in [0.717, 1.165) is 0 Å². The van der Waals surface area contributed by atoms with Crippen LogP contribution in [0.3, 0.4) is 0 Å². The van der Waals surface area contributed by atoms with Gasteiger partial charge in [0.2, 0.25) is 0 Å². The molecule has 3 amide bonds. The molecule has 1 saturated heterocycles. The molecule has 0 bridgehead atoms. The predicted octanol–water partition coefficient (Wildman–Crippen LogP) is 2.95. The fourth-order valence-electron chi connectivity index (χ4n) is 2.80. The quantitative estimate of drug-likeness (QED) is 0.718. The number of carbonyl (C=O) groups is 2. The molecule has 0 aliphatic carbocycles. The lowest BCUT2D eigenvalue weighted by atomic mass is 10.3. The van der Waals surface area contributed by atoms with Gasteiger partial charge in [-0.3, -0.25) is 4.79 Å². The maximum Gasteiger partial charge on any atom is 0.322 e. The summed E-state index contributed by atoms with van der Waals surface area (Å²) < 4.78 is 10.4. The van der Waals surface area contributed by atoms with Crippen LogP contribution in [0.2, 0.25) is 5.02 Å². The Kier molecular flexibility index (Phi) is 7.82. The van der Waals surface area contributed by atoms with Crippen LogP contribution in [0.1, 0.15) is 15.5 Å². The smallest absolute Gasteiger partial charge is 0.322 e.